The van der Waals surface area contributed by atoms with Gasteiger partial charge in [-0.1, -0.05) is 47.2 Å². The van der Waals surface area contributed by atoms with Crippen molar-refractivity contribution in [3.05, 3.63) is 65.9 Å². The van der Waals surface area contributed by atoms with Gasteiger partial charge in [-0.05, 0) is 31.2 Å². The topological polar surface area (TPSA) is 106 Å². The van der Waals surface area contributed by atoms with Crippen molar-refractivity contribution in [3.8, 4) is 5.75 Å². The van der Waals surface area contributed by atoms with Gasteiger partial charge in [0.05, 0.1) is 0 Å². The quantitative estimate of drug-likeness (QED) is 0.581. The molecule has 0 spiro atoms. The number of carbonyl (C=O) groups is 2. The second-order valence-corrected chi connectivity index (χ2v) is 6.70. The number of hydrogen-bond acceptors (Lipinski definition) is 6. The SMILES string of the molecule is Cc1ccc(Nc2nc(C(N)=O)c(NC(=O)COc3ccccc3)s2)cc1. The van der Waals surface area contributed by atoms with E-state index in [1.165, 1.54) is 0 Å². The maximum absolute atomic E-state index is 12.1. The van der Waals surface area contributed by atoms with Gasteiger partial charge in [0.1, 0.15) is 10.8 Å². The second kappa shape index (κ2) is 8.33. The van der Waals surface area contributed by atoms with Crippen LogP contribution >= 0.6 is 11.3 Å². The number of carbonyl (C=O) groups excluding carboxylic acids is 2. The van der Waals surface area contributed by atoms with Crippen LogP contribution in [-0.4, -0.2) is 23.4 Å². The molecule has 0 aliphatic heterocycles. The van der Waals surface area contributed by atoms with Crippen molar-refractivity contribution in [2.24, 2.45) is 5.73 Å². The molecule has 27 heavy (non-hydrogen) atoms. The van der Waals surface area contributed by atoms with E-state index in [2.05, 4.69) is 15.6 Å². The molecule has 0 saturated carbocycles. The molecule has 0 atom stereocenters. The highest BCUT2D eigenvalue weighted by molar-refractivity contribution is 7.20. The van der Waals surface area contributed by atoms with Crippen LogP contribution in [0.15, 0.2) is 54.6 Å². The molecular formula is C19H18N4O3S. The first-order valence-corrected chi connectivity index (χ1v) is 8.95. The summed E-state index contributed by atoms with van der Waals surface area (Å²) in [5.41, 5.74) is 7.32. The molecule has 1 aromatic heterocycles. The number of nitrogens with one attached hydrogen (secondary N) is 2. The fraction of sp³-hybridized carbons (Fsp3) is 0.105. The molecule has 2 aromatic carbocycles. The van der Waals surface area contributed by atoms with E-state index in [-0.39, 0.29) is 17.3 Å². The molecule has 7 nitrogen and oxygen atoms in total. The van der Waals surface area contributed by atoms with Crippen LogP contribution in [0.5, 0.6) is 5.75 Å². The summed E-state index contributed by atoms with van der Waals surface area (Å²) in [6, 6.07) is 16.7. The lowest BCUT2D eigenvalue weighted by Gasteiger charge is -2.06. The van der Waals surface area contributed by atoms with E-state index in [0.717, 1.165) is 22.6 Å². The van der Waals surface area contributed by atoms with Gasteiger partial charge in [0.2, 0.25) is 0 Å². The van der Waals surface area contributed by atoms with E-state index >= 15 is 0 Å². The van der Waals surface area contributed by atoms with Crippen LogP contribution in [-0.2, 0) is 4.79 Å². The largest absolute Gasteiger partial charge is 0.484 e. The van der Waals surface area contributed by atoms with Gasteiger partial charge in [-0.25, -0.2) is 4.98 Å². The molecule has 3 rings (SSSR count). The molecule has 1 heterocycles. The number of hydrogen-bond donors (Lipinski definition) is 3. The normalized spacial score (nSPS) is 10.3. The number of amides is 2. The first kappa shape index (κ1) is 18.4. The molecule has 138 valence electrons. The van der Waals surface area contributed by atoms with Crippen LogP contribution in [0.3, 0.4) is 0 Å². The molecule has 8 heteroatoms. The standard InChI is InChI=1S/C19H18N4O3S/c1-12-7-9-13(10-8-12)21-19-23-16(17(20)25)18(27-19)22-15(24)11-26-14-5-3-2-4-6-14/h2-10H,11H2,1H3,(H2,20,25)(H,21,23)(H,22,24). The monoisotopic (exact) mass is 382 g/mol. The number of rotatable bonds is 7. The van der Waals surface area contributed by atoms with Gasteiger partial charge in [-0.15, -0.1) is 0 Å². The smallest absolute Gasteiger partial charge is 0.270 e. The number of ether oxygens (including phenoxy) is 1. The average molecular weight is 382 g/mol. The summed E-state index contributed by atoms with van der Waals surface area (Å²) in [6.07, 6.45) is 0. The van der Waals surface area contributed by atoms with Crippen LogP contribution in [0.25, 0.3) is 0 Å². The van der Waals surface area contributed by atoms with E-state index in [1.54, 1.807) is 12.1 Å². The number of thiazole rings is 1. The average Bonchev–Trinajstić information content (AvgIpc) is 3.05. The van der Waals surface area contributed by atoms with Gasteiger partial charge >= 0.3 is 0 Å². The maximum Gasteiger partial charge on any atom is 0.270 e. The number of nitrogens with zero attached hydrogens (tertiary/aromatic N) is 1. The molecular weight excluding hydrogens is 364 g/mol. The number of primary amides is 1. The van der Waals surface area contributed by atoms with E-state index in [4.69, 9.17) is 10.5 Å². The summed E-state index contributed by atoms with van der Waals surface area (Å²) in [5, 5.41) is 6.45. The Labute approximate surface area is 160 Å². The Morgan fingerprint density at radius 3 is 2.48 bits per heavy atom. The van der Waals surface area contributed by atoms with E-state index in [1.807, 2.05) is 49.4 Å². The molecule has 0 aliphatic carbocycles. The molecule has 2 amide bonds. The summed E-state index contributed by atoms with van der Waals surface area (Å²) >= 11 is 1.13. The molecule has 0 fully saturated rings. The van der Waals surface area contributed by atoms with Crippen LogP contribution < -0.4 is 21.1 Å². The Morgan fingerprint density at radius 2 is 1.81 bits per heavy atom. The Morgan fingerprint density at radius 1 is 1.11 bits per heavy atom. The molecule has 0 bridgehead atoms. The Balaban J connectivity index is 1.68. The van der Waals surface area contributed by atoms with Crippen LogP contribution in [0.1, 0.15) is 16.1 Å². The summed E-state index contributed by atoms with van der Waals surface area (Å²) in [7, 11) is 0. The number of anilines is 3. The molecule has 3 aromatic rings. The van der Waals surface area contributed by atoms with Crippen molar-refractivity contribution in [1.82, 2.24) is 4.98 Å². The molecule has 0 unspecified atom stereocenters. The fourth-order valence-electron chi connectivity index (χ4n) is 2.21. The Hall–Kier alpha value is -3.39. The zero-order valence-corrected chi connectivity index (χ0v) is 15.4. The molecule has 0 aliphatic rings. The van der Waals surface area contributed by atoms with Gasteiger partial charge in [0.25, 0.3) is 11.8 Å². The van der Waals surface area contributed by atoms with Crippen molar-refractivity contribution < 1.29 is 14.3 Å². The Kier molecular flexibility index (Phi) is 5.68. The summed E-state index contributed by atoms with van der Waals surface area (Å²) in [6.45, 7) is 1.80. The number of para-hydroxylation sites is 1. The van der Waals surface area contributed by atoms with Crippen LogP contribution in [0.2, 0.25) is 0 Å². The van der Waals surface area contributed by atoms with Crippen molar-refractivity contribution in [2.75, 3.05) is 17.2 Å². The minimum atomic E-state index is -0.720. The predicted molar refractivity (Wildman–Crippen MR) is 106 cm³/mol. The number of benzene rings is 2. The van der Waals surface area contributed by atoms with Crippen molar-refractivity contribution in [2.45, 2.75) is 6.92 Å². The van der Waals surface area contributed by atoms with Gasteiger partial charge in [0.15, 0.2) is 17.4 Å². The maximum atomic E-state index is 12.1. The van der Waals surface area contributed by atoms with Crippen LogP contribution in [0, 0.1) is 6.92 Å². The third-order valence-electron chi connectivity index (χ3n) is 3.53. The van der Waals surface area contributed by atoms with Crippen molar-refractivity contribution >= 4 is 39.0 Å². The van der Waals surface area contributed by atoms with Crippen molar-refractivity contribution in [3.63, 3.8) is 0 Å². The summed E-state index contributed by atoms with van der Waals surface area (Å²) < 4.78 is 5.39. The van der Waals surface area contributed by atoms with E-state index < -0.39 is 11.8 Å². The minimum Gasteiger partial charge on any atom is -0.484 e. The van der Waals surface area contributed by atoms with Gasteiger partial charge in [-0.2, -0.15) is 0 Å². The third-order valence-corrected chi connectivity index (χ3v) is 4.42. The lowest BCUT2D eigenvalue weighted by atomic mass is 10.2. The number of aromatic nitrogens is 1. The molecule has 4 N–H and O–H groups in total. The first-order chi connectivity index (χ1) is 13.0. The van der Waals surface area contributed by atoms with Crippen molar-refractivity contribution in [1.29, 1.82) is 0 Å². The van der Waals surface area contributed by atoms with E-state index in [0.29, 0.717) is 10.9 Å². The number of nitrogens with two attached hydrogens (primary N) is 1. The Bertz CT molecular complexity index is 939. The third kappa shape index (κ3) is 5.05. The van der Waals surface area contributed by atoms with Gasteiger partial charge in [-0.3, -0.25) is 9.59 Å². The number of aryl methyl sites for hydroxylation is 1. The molecule has 0 radical (unpaired) electrons. The summed E-state index contributed by atoms with van der Waals surface area (Å²) in [4.78, 5) is 28.0. The highest BCUT2D eigenvalue weighted by Crippen LogP contribution is 2.30. The lowest BCUT2D eigenvalue weighted by molar-refractivity contribution is -0.118. The zero-order valence-electron chi connectivity index (χ0n) is 14.6. The fourth-order valence-corrected chi connectivity index (χ4v) is 3.12. The highest BCUT2D eigenvalue weighted by Gasteiger charge is 2.18. The highest BCUT2D eigenvalue weighted by atomic mass is 32.1. The zero-order chi connectivity index (χ0) is 19.2. The predicted octanol–water partition coefficient (Wildman–Crippen LogP) is 3.31. The van der Waals surface area contributed by atoms with Crippen LogP contribution in [0.4, 0.5) is 15.8 Å². The first-order valence-electron chi connectivity index (χ1n) is 8.13. The van der Waals surface area contributed by atoms with E-state index in [9.17, 15) is 9.59 Å². The van der Waals surface area contributed by atoms with Gasteiger partial charge in [0, 0.05) is 5.69 Å². The van der Waals surface area contributed by atoms with Gasteiger partial charge < -0.3 is 21.1 Å². The molecule has 0 saturated heterocycles. The second-order valence-electron chi connectivity index (χ2n) is 5.70. The lowest BCUT2D eigenvalue weighted by Crippen LogP contribution is -2.22. The minimum absolute atomic E-state index is 0.00247. The summed E-state index contributed by atoms with van der Waals surface area (Å²) in [5.74, 6) is -0.553.